The van der Waals surface area contributed by atoms with Gasteiger partial charge >= 0.3 is 0 Å². The van der Waals surface area contributed by atoms with E-state index in [9.17, 15) is 9.59 Å². The predicted molar refractivity (Wildman–Crippen MR) is 126 cm³/mol. The molecule has 4 rings (SSSR count). The smallest absolute Gasteiger partial charge is 0.254 e. The topological polar surface area (TPSA) is 67.9 Å². The molecule has 0 fully saturated rings. The van der Waals surface area contributed by atoms with Crippen LogP contribution in [0.3, 0.4) is 0 Å². The predicted octanol–water partition coefficient (Wildman–Crippen LogP) is 4.37. The number of hydrogen-bond donors (Lipinski definition) is 1. The van der Waals surface area contributed by atoms with Gasteiger partial charge < -0.3 is 19.7 Å². The largest absolute Gasteiger partial charge is 0.454 e. The van der Waals surface area contributed by atoms with Crippen molar-refractivity contribution < 1.29 is 19.1 Å². The van der Waals surface area contributed by atoms with Gasteiger partial charge in [-0.25, -0.2) is 0 Å². The molecule has 2 amide bonds. The Morgan fingerprint density at radius 1 is 0.909 bits per heavy atom. The molecule has 33 heavy (non-hydrogen) atoms. The second-order valence-electron chi connectivity index (χ2n) is 8.05. The molecule has 1 unspecified atom stereocenters. The van der Waals surface area contributed by atoms with E-state index >= 15 is 0 Å². The number of ether oxygens (including phenoxy) is 2. The summed E-state index contributed by atoms with van der Waals surface area (Å²) < 4.78 is 10.8. The fraction of sp³-hybridized carbons (Fsp3) is 0.259. The lowest BCUT2D eigenvalue weighted by Crippen LogP contribution is -2.37. The lowest BCUT2D eigenvalue weighted by atomic mass is 10.1. The van der Waals surface area contributed by atoms with Gasteiger partial charge in [0.2, 0.25) is 12.7 Å². The van der Waals surface area contributed by atoms with Crippen molar-refractivity contribution in [1.29, 1.82) is 0 Å². The Morgan fingerprint density at radius 2 is 1.61 bits per heavy atom. The van der Waals surface area contributed by atoms with Crippen molar-refractivity contribution in [2.45, 2.75) is 25.8 Å². The first-order valence-corrected chi connectivity index (χ1v) is 11.2. The number of amides is 2. The molecule has 1 atom stereocenters. The van der Waals surface area contributed by atoms with Crippen LogP contribution in [0, 0.1) is 0 Å². The van der Waals surface area contributed by atoms with Gasteiger partial charge in [-0.15, -0.1) is 0 Å². The van der Waals surface area contributed by atoms with Crippen LogP contribution in [0.4, 0.5) is 0 Å². The van der Waals surface area contributed by atoms with Crippen molar-refractivity contribution >= 4 is 11.8 Å². The molecule has 0 bridgehead atoms. The molecule has 0 spiro atoms. The van der Waals surface area contributed by atoms with Gasteiger partial charge in [-0.05, 0) is 42.7 Å². The summed E-state index contributed by atoms with van der Waals surface area (Å²) in [4.78, 5) is 27.7. The maximum Gasteiger partial charge on any atom is 0.254 e. The fourth-order valence-electron chi connectivity index (χ4n) is 3.81. The second kappa shape index (κ2) is 10.7. The first kappa shape index (κ1) is 22.4. The summed E-state index contributed by atoms with van der Waals surface area (Å²) in [6.07, 6.45) is 0.932. The van der Waals surface area contributed by atoms with Gasteiger partial charge in [-0.2, -0.15) is 0 Å². The maximum atomic E-state index is 13.3. The highest BCUT2D eigenvalue weighted by Crippen LogP contribution is 2.32. The van der Waals surface area contributed by atoms with Gasteiger partial charge in [0.15, 0.2) is 11.5 Å². The van der Waals surface area contributed by atoms with Crippen LogP contribution in [0.25, 0.3) is 0 Å². The van der Waals surface area contributed by atoms with Crippen molar-refractivity contribution in [1.82, 2.24) is 10.2 Å². The van der Waals surface area contributed by atoms with Crippen molar-refractivity contribution in [3.63, 3.8) is 0 Å². The molecule has 1 aliphatic rings. The maximum absolute atomic E-state index is 13.3. The molecular weight excluding hydrogens is 416 g/mol. The number of carbonyl (C=O) groups excluding carboxylic acids is 2. The molecule has 3 aromatic carbocycles. The van der Waals surface area contributed by atoms with Crippen molar-refractivity contribution in [3.05, 3.63) is 95.6 Å². The lowest BCUT2D eigenvalue weighted by Gasteiger charge is -2.23. The lowest BCUT2D eigenvalue weighted by molar-refractivity contribution is -0.121. The second-order valence-corrected chi connectivity index (χ2v) is 8.05. The third-order valence-corrected chi connectivity index (χ3v) is 5.71. The third-order valence-electron chi connectivity index (χ3n) is 5.71. The van der Waals surface area contributed by atoms with Crippen molar-refractivity contribution in [3.8, 4) is 11.5 Å². The van der Waals surface area contributed by atoms with Crippen LogP contribution in [0.1, 0.15) is 40.9 Å². The summed E-state index contributed by atoms with van der Waals surface area (Å²) in [5, 5.41) is 3.02. The molecule has 0 saturated heterocycles. The minimum atomic E-state index is -0.131. The third kappa shape index (κ3) is 5.92. The molecule has 1 heterocycles. The number of nitrogens with one attached hydrogen (secondary N) is 1. The quantitative estimate of drug-likeness (QED) is 0.532. The highest BCUT2D eigenvalue weighted by molar-refractivity contribution is 5.95. The summed E-state index contributed by atoms with van der Waals surface area (Å²) >= 11 is 0. The fourth-order valence-corrected chi connectivity index (χ4v) is 3.81. The van der Waals surface area contributed by atoms with E-state index in [4.69, 9.17) is 9.47 Å². The van der Waals surface area contributed by atoms with Gasteiger partial charge in [0.25, 0.3) is 5.91 Å². The summed E-state index contributed by atoms with van der Waals surface area (Å²) in [5.74, 6) is 0.984. The number of rotatable bonds is 9. The monoisotopic (exact) mass is 444 g/mol. The number of carbonyl (C=O) groups is 2. The highest BCUT2D eigenvalue weighted by Gasteiger charge is 2.21. The molecule has 3 aromatic rings. The van der Waals surface area contributed by atoms with Crippen molar-refractivity contribution in [2.24, 2.45) is 0 Å². The van der Waals surface area contributed by atoms with E-state index in [-0.39, 0.29) is 31.1 Å². The summed E-state index contributed by atoms with van der Waals surface area (Å²) in [6, 6.07) is 24.9. The Balaban J connectivity index is 1.41. The van der Waals surface area contributed by atoms with E-state index in [1.54, 1.807) is 23.1 Å². The first-order chi connectivity index (χ1) is 16.1. The zero-order chi connectivity index (χ0) is 23.0. The summed E-state index contributed by atoms with van der Waals surface area (Å²) in [6.45, 7) is 2.95. The standard InChI is InChI=1S/C27H28N2O4/c1-20(22-10-6-3-7-11-22)28-26(30)15-17-29(16-14-21-8-4-2-5-9-21)27(31)23-12-13-24-25(18-23)33-19-32-24/h2-13,18,20H,14-17,19H2,1H3,(H,28,30). The number of fused-ring (bicyclic) bond motifs is 1. The molecule has 170 valence electrons. The van der Waals surface area contributed by atoms with Crippen LogP contribution in [-0.4, -0.2) is 36.6 Å². The zero-order valence-electron chi connectivity index (χ0n) is 18.7. The minimum absolute atomic E-state index is 0.0884. The normalized spacial score (nSPS) is 12.8. The Bertz CT molecular complexity index is 1090. The Morgan fingerprint density at radius 3 is 2.36 bits per heavy atom. The van der Waals surface area contributed by atoms with Crippen LogP contribution in [0.15, 0.2) is 78.9 Å². The van der Waals surface area contributed by atoms with Gasteiger partial charge in [-0.3, -0.25) is 9.59 Å². The number of benzene rings is 3. The minimum Gasteiger partial charge on any atom is -0.454 e. The molecule has 0 aliphatic carbocycles. The molecule has 6 nitrogen and oxygen atoms in total. The molecule has 0 radical (unpaired) electrons. The average molecular weight is 445 g/mol. The van der Waals surface area contributed by atoms with Crippen LogP contribution < -0.4 is 14.8 Å². The van der Waals surface area contributed by atoms with Gasteiger partial charge in [0.05, 0.1) is 6.04 Å². The molecule has 1 N–H and O–H groups in total. The molecule has 6 heteroatoms. The highest BCUT2D eigenvalue weighted by atomic mass is 16.7. The van der Waals surface area contributed by atoms with Gasteiger partial charge in [-0.1, -0.05) is 60.7 Å². The summed E-state index contributed by atoms with van der Waals surface area (Å²) in [7, 11) is 0. The van der Waals surface area contributed by atoms with Crippen LogP contribution >= 0.6 is 0 Å². The number of nitrogens with zero attached hydrogens (tertiary/aromatic N) is 1. The number of hydrogen-bond acceptors (Lipinski definition) is 4. The Kier molecular flexibility index (Phi) is 7.25. The zero-order valence-corrected chi connectivity index (χ0v) is 18.7. The van der Waals surface area contributed by atoms with Gasteiger partial charge in [0.1, 0.15) is 0 Å². The van der Waals surface area contributed by atoms with E-state index in [0.29, 0.717) is 36.6 Å². The van der Waals surface area contributed by atoms with E-state index in [1.165, 1.54) is 0 Å². The van der Waals surface area contributed by atoms with E-state index in [2.05, 4.69) is 5.32 Å². The van der Waals surface area contributed by atoms with Crippen LogP contribution in [-0.2, 0) is 11.2 Å². The SMILES string of the molecule is CC(NC(=O)CCN(CCc1ccccc1)C(=O)c1ccc2c(c1)OCO2)c1ccccc1. The Hall–Kier alpha value is -3.80. The molecular formula is C27H28N2O4. The Labute approximate surface area is 194 Å². The van der Waals surface area contributed by atoms with Crippen LogP contribution in [0.5, 0.6) is 11.5 Å². The van der Waals surface area contributed by atoms with Crippen molar-refractivity contribution in [2.75, 3.05) is 19.9 Å². The van der Waals surface area contributed by atoms with E-state index in [1.807, 2.05) is 67.6 Å². The first-order valence-electron chi connectivity index (χ1n) is 11.2. The van der Waals surface area contributed by atoms with Crippen LogP contribution in [0.2, 0.25) is 0 Å². The molecule has 0 saturated carbocycles. The van der Waals surface area contributed by atoms with E-state index < -0.39 is 0 Å². The molecule has 0 aromatic heterocycles. The average Bonchev–Trinajstić information content (AvgIpc) is 3.33. The molecule has 1 aliphatic heterocycles. The van der Waals surface area contributed by atoms with Gasteiger partial charge in [0, 0.05) is 25.1 Å². The summed E-state index contributed by atoms with van der Waals surface area (Å²) in [5.41, 5.74) is 2.71. The van der Waals surface area contributed by atoms with E-state index in [0.717, 1.165) is 11.1 Å².